The fraction of sp³-hybridized carbons (Fsp3) is 0.333. The van der Waals surface area contributed by atoms with E-state index < -0.39 is 17.4 Å². The van der Waals surface area contributed by atoms with E-state index in [2.05, 4.69) is 5.32 Å². The maximum absolute atomic E-state index is 12.0. The Balaban J connectivity index is 2.11. The van der Waals surface area contributed by atoms with E-state index in [1.54, 1.807) is 18.2 Å². The highest BCUT2D eigenvalue weighted by Gasteiger charge is 2.42. The highest BCUT2D eigenvalue weighted by Crippen LogP contribution is 2.30. The van der Waals surface area contributed by atoms with Crippen LogP contribution in [0.3, 0.4) is 0 Å². The van der Waals surface area contributed by atoms with Crippen LogP contribution in [0.25, 0.3) is 6.08 Å². The Labute approximate surface area is 132 Å². The van der Waals surface area contributed by atoms with Gasteiger partial charge in [-0.1, -0.05) is 42.1 Å². The van der Waals surface area contributed by atoms with Gasteiger partial charge in [-0.15, -0.1) is 0 Å². The summed E-state index contributed by atoms with van der Waals surface area (Å²) in [6.07, 6.45) is 5.25. The fourth-order valence-corrected chi connectivity index (χ4v) is 3.00. The van der Waals surface area contributed by atoms with Crippen LogP contribution in [0.5, 0.6) is 0 Å². The van der Waals surface area contributed by atoms with Crippen LogP contribution in [0.2, 0.25) is 10.0 Å². The standard InChI is InChI=1S/C15H15Cl2NO3/c16-11-4-3-5-12(17)10(11)6-7-13(19)18-15(14(20)21)8-1-2-9-15/h3-7H,1-2,8-9H2,(H,18,19)(H,20,21)/b7-6+. The van der Waals surface area contributed by atoms with Crippen LogP contribution in [0, 0.1) is 0 Å². The van der Waals surface area contributed by atoms with E-state index in [0.29, 0.717) is 28.5 Å². The second-order valence-electron chi connectivity index (χ2n) is 5.05. The SMILES string of the molecule is O=C(/C=C/c1c(Cl)cccc1Cl)NC1(C(=O)O)CCCC1. The summed E-state index contributed by atoms with van der Waals surface area (Å²) in [5.41, 5.74) is -0.613. The minimum Gasteiger partial charge on any atom is -0.480 e. The molecule has 0 unspecified atom stereocenters. The Morgan fingerprint density at radius 2 is 1.76 bits per heavy atom. The minimum absolute atomic E-state index is 0.431. The molecule has 0 saturated heterocycles. The summed E-state index contributed by atoms with van der Waals surface area (Å²) in [6, 6.07) is 5.04. The van der Waals surface area contributed by atoms with Gasteiger partial charge in [0.15, 0.2) is 0 Å². The maximum Gasteiger partial charge on any atom is 0.329 e. The first-order valence-corrected chi connectivity index (χ1v) is 7.38. The van der Waals surface area contributed by atoms with Crippen molar-refractivity contribution in [3.8, 4) is 0 Å². The van der Waals surface area contributed by atoms with Crippen molar-refractivity contribution in [3.63, 3.8) is 0 Å². The van der Waals surface area contributed by atoms with Crippen molar-refractivity contribution in [3.05, 3.63) is 39.9 Å². The zero-order valence-corrected chi connectivity index (χ0v) is 12.7. The second kappa shape index (κ2) is 6.50. The molecule has 1 amide bonds. The number of aliphatic carboxylic acids is 1. The Hall–Kier alpha value is -1.52. The molecular formula is C15H15Cl2NO3. The van der Waals surface area contributed by atoms with Crippen molar-refractivity contribution in [2.75, 3.05) is 0 Å². The fourth-order valence-electron chi connectivity index (χ4n) is 2.48. The van der Waals surface area contributed by atoms with Gasteiger partial charge in [-0.2, -0.15) is 0 Å². The van der Waals surface area contributed by atoms with Gasteiger partial charge in [0.2, 0.25) is 5.91 Å². The molecule has 1 fully saturated rings. The molecule has 112 valence electrons. The summed E-state index contributed by atoms with van der Waals surface area (Å²) in [6.45, 7) is 0. The third-order valence-electron chi connectivity index (χ3n) is 3.63. The molecule has 1 aliphatic carbocycles. The number of carboxylic acids is 1. The molecule has 6 heteroatoms. The number of hydrogen-bond acceptors (Lipinski definition) is 2. The largest absolute Gasteiger partial charge is 0.480 e. The zero-order chi connectivity index (χ0) is 15.5. The van der Waals surface area contributed by atoms with Gasteiger partial charge in [0.1, 0.15) is 5.54 Å². The lowest BCUT2D eigenvalue weighted by molar-refractivity contribution is -0.146. The number of hydrogen-bond donors (Lipinski definition) is 2. The van der Waals surface area contributed by atoms with Gasteiger partial charge < -0.3 is 10.4 Å². The van der Waals surface area contributed by atoms with Gasteiger partial charge in [0.05, 0.1) is 0 Å². The molecule has 2 rings (SSSR count). The summed E-state index contributed by atoms with van der Waals surface area (Å²) < 4.78 is 0. The molecule has 1 aliphatic rings. The van der Waals surface area contributed by atoms with Gasteiger partial charge in [0.25, 0.3) is 0 Å². The number of carbonyl (C=O) groups is 2. The highest BCUT2D eigenvalue weighted by atomic mass is 35.5. The van der Waals surface area contributed by atoms with E-state index in [1.165, 1.54) is 12.2 Å². The zero-order valence-electron chi connectivity index (χ0n) is 11.2. The maximum atomic E-state index is 12.0. The van der Waals surface area contributed by atoms with Crippen LogP contribution < -0.4 is 5.32 Å². The van der Waals surface area contributed by atoms with Crippen LogP contribution in [0.15, 0.2) is 24.3 Å². The van der Waals surface area contributed by atoms with Crippen molar-refractivity contribution in [1.82, 2.24) is 5.32 Å². The summed E-state index contributed by atoms with van der Waals surface area (Å²) in [7, 11) is 0. The molecule has 0 radical (unpaired) electrons. The lowest BCUT2D eigenvalue weighted by atomic mass is 9.98. The lowest BCUT2D eigenvalue weighted by Crippen LogP contribution is -2.52. The molecule has 21 heavy (non-hydrogen) atoms. The smallest absolute Gasteiger partial charge is 0.329 e. The summed E-state index contributed by atoms with van der Waals surface area (Å²) in [5, 5.41) is 12.8. The predicted molar refractivity (Wildman–Crippen MR) is 82.5 cm³/mol. The number of carboxylic acid groups (broad SMARTS) is 1. The molecule has 1 saturated carbocycles. The molecule has 0 aliphatic heterocycles. The normalized spacial score (nSPS) is 17.0. The van der Waals surface area contributed by atoms with Crippen molar-refractivity contribution in [2.24, 2.45) is 0 Å². The van der Waals surface area contributed by atoms with Gasteiger partial charge in [-0.25, -0.2) is 4.79 Å². The Morgan fingerprint density at radius 3 is 2.29 bits per heavy atom. The van der Waals surface area contributed by atoms with E-state index >= 15 is 0 Å². The van der Waals surface area contributed by atoms with E-state index in [0.717, 1.165) is 12.8 Å². The van der Waals surface area contributed by atoms with Crippen molar-refractivity contribution >= 4 is 41.2 Å². The Morgan fingerprint density at radius 1 is 1.19 bits per heavy atom. The number of carbonyl (C=O) groups excluding carboxylic acids is 1. The number of halogens is 2. The summed E-state index contributed by atoms with van der Waals surface area (Å²) in [4.78, 5) is 23.3. The number of benzene rings is 1. The van der Waals surface area contributed by atoms with Crippen LogP contribution in [0.1, 0.15) is 31.2 Å². The van der Waals surface area contributed by atoms with E-state index in [1.807, 2.05) is 0 Å². The van der Waals surface area contributed by atoms with Crippen molar-refractivity contribution < 1.29 is 14.7 Å². The number of amides is 1. The second-order valence-corrected chi connectivity index (χ2v) is 5.87. The van der Waals surface area contributed by atoms with Gasteiger partial charge >= 0.3 is 5.97 Å². The van der Waals surface area contributed by atoms with Crippen LogP contribution in [0.4, 0.5) is 0 Å². The summed E-state index contributed by atoms with van der Waals surface area (Å²) in [5.74, 6) is -1.45. The van der Waals surface area contributed by atoms with Crippen LogP contribution in [-0.2, 0) is 9.59 Å². The van der Waals surface area contributed by atoms with Crippen LogP contribution >= 0.6 is 23.2 Å². The van der Waals surface area contributed by atoms with Crippen molar-refractivity contribution in [1.29, 1.82) is 0 Å². The molecule has 0 heterocycles. The van der Waals surface area contributed by atoms with Crippen molar-refractivity contribution in [2.45, 2.75) is 31.2 Å². The number of rotatable bonds is 4. The molecule has 1 aromatic carbocycles. The Kier molecular flexibility index (Phi) is 4.91. The lowest BCUT2D eigenvalue weighted by Gasteiger charge is -2.24. The highest BCUT2D eigenvalue weighted by molar-refractivity contribution is 6.37. The average molecular weight is 328 g/mol. The van der Waals surface area contributed by atoms with Gasteiger partial charge in [0, 0.05) is 21.7 Å². The van der Waals surface area contributed by atoms with E-state index in [9.17, 15) is 14.7 Å². The molecule has 4 nitrogen and oxygen atoms in total. The first-order chi connectivity index (χ1) is 9.94. The monoisotopic (exact) mass is 327 g/mol. The van der Waals surface area contributed by atoms with E-state index in [4.69, 9.17) is 23.2 Å². The summed E-state index contributed by atoms with van der Waals surface area (Å²) >= 11 is 12.0. The third kappa shape index (κ3) is 3.57. The Bertz CT molecular complexity index is 572. The predicted octanol–water partition coefficient (Wildman–Crippen LogP) is 3.52. The molecule has 0 bridgehead atoms. The molecular weight excluding hydrogens is 313 g/mol. The third-order valence-corrected chi connectivity index (χ3v) is 4.29. The van der Waals surface area contributed by atoms with Gasteiger partial charge in [-0.3, -0.25) is 4.79 Å². The topological polar surface area (TPSA) is 66.4 Å². The first-order valence-electron chi connectivity index (χ1n) is 6.62. The minimum atomic E-state index is -1.15. The molecule has 0 aromatic heterocycles. The first kappa shape index (κ1) is 15.9. The molecule has 2 N–H and O–H groups in total. The van der Waals surface area contributed by atoms with Crippen LogP contribution in [-0.4, -0.2) is 22.5 Å². The quantitative estimate of drug-likeness (QED) is 0.831. The van der Waals surface area contributed by atoms with E-state index in [-0.39, 0.29) is 0 Å². The van der Waals surface area contributed by atoms with Gasteiger partial charge in [-0.05, 0) is 31.1 Å². The molecule has 0 spiro atoms. The molecule has 0 atom stereocenters. The number of nitrogens with one attached hydrogen (secondary N) is 1. The molecule has 1 aromatic rings. The average Bonchev–Trinajstić information content (AvgIpc) is 2.88.